The van der Waals surface area contributed by atoms with E-state index in [1.165, 1.54) is 6.21 Å². The fraction of sp³-hybridized carbons (Fsp3) is 0.312. The van der Waals surface area contributed by atoms with Crippen LogP contribution >= 0.6 is 0 Å². The second-order valence-corrected chi connectivity index (χ2v) is 4.43. The van der Waals surface area contributed by atoms with Crippen LogP contribution in [0.1, 0.15) is 6.42 Å². The maximum atomic E-state index is 8.88. The van der Waals surface area contributed by atoms with E-state index in [-0.39, 0.29) is 5.57 Å². The Morgan fingerprint density at radius 2 is 1.86 bits per heavy atom. The summed E-state index contributed by atoms with van der Waals surface area (Å²) in [5, 5.41) is 21.5. The first-order valence-corrected chi connectivity index (χ1v) is 6.71. The van der Waals surface area contributed by atoms with Crippen molar-refractivity contribution in [1.82, 2.24) is 4.90 Å². The first kappa shape index (κ1) is 17.1. The standard InChI is InChI=1S/C16H18N4O2/c1-20(2)16(14(12-17)13-18)8-9-19-22-11-10-21-15-6-4-3-5-7-15/h3-7,9H,8,10-11H2,1-2H3/b19-9-. The van der Waals surface area contributed by atoms with E-state index < -0.39 is 0 Å². The van der Waals surface area contributed by atoms with Gasteiger partial charge < -0.3 is 14.5 Å². The summed E-state index contributed by atoms with van der Waals surface area (Å²) in [5.74, 6) is 0.778. The van der Waals surface area contributed by atoms with Gasteiger partial charge in [0.1, 0.15) is 30.1 Å². The molecule has 114 valence electrons. The Kier molecular flexibility index (Phi) is 7.63. The molecule has 0 aliphatic carbocycles. The van der Waals surface area contributed by atoms with Crippen LogP contribution in [0.25, 0.3) is 0 Å². The van der Waals surface area contributed by atoms with E-state index in [0.29, 0.717) is 25.3 Å². The average molecular weight is 298 g/mol. The van der Waals surface area contributed by atoms with Gasteiger partial charge in [-0.15, -0.1) is 0 Å². The molecule has 22 heavy (non-hydrogen) atoms. The van der Waals surface area contributed by atoms with Gasteiger partial charge in [0.2, 0.25) is 0 Å². The van der Waals surface area contributed by atoms with Crippen LogP contribution in [0.4, 0.5) is 0 Å². The van der Waals surface area contributed by atoms with Crippen molar-refractivity contribution >= 4 is 6.21 Å². The minimum Gasteiger partial charge on any atom is -0.490 e. The van der Waals surface area contributed by atoms with E-state index in [4.69, 9.17) is 20.1 Å². The highest BCUT2D eigenvalue weighted by Crippen LogP contribution is 2.09. The van der Waals surface area contributed by atoms with Gasteiger partial charge in [-0.05, 0) is 12.1 Å². The molecule has 6 nitrogen and oxygen atoms in total. The van der Waals surface area contributed by atoms with Crippen LogP contribution in [0.5, 0.6) is 5.75 Å². The first-order chi connectivity index (χ1) is 10.7. The molecule has 0 N–H and O–H groups in total. The van der Waals surface area contributed by atoms with Gasteiger partial charge in [0.15, 0.2) is 6.61 Å². The zero-order chi connectivity index (χ0) is 16.2. The lowest BCUT2D eigenvalue weighted by Crippen LogP contribution is -2.13. The smallest absolute Gasteiger partial charge is 0.151 e. The molecule has 0 spiro atoms. The predicted molar refractivity (Wildman–Crippen MR) is 82.9 cm³/mol. The number of hydrogen-bond donors (Lipinski definition) is 0. The summed E-state index contributed by atoms with van der Waals surface area (Å²) in [4.78, 5) is 6.78. The van der Waals surface area contributed by atoms with Crippen LogP contribution in [0.15, 0.2) is 46.8 Å². The Morgan fingerprint density at radius 3 is 2.45 bits per heavy atom. The van der Waals surface area contributed by atoms with Gasteiger partial charge in [0, 0.05) is 32.4 Å². The molecule has 0 saturated heterocycles. The third-order valence-electron chi connectivity index (χ3n) is 2.67. The van der Waals surface area contributed by atoms with E-state index in [1.807, 2.05) is 42.5 Å². The number of para-hydroxylation sites is 1. The molecular weight excluding hydrogens is 280 g/mol. The molecule has 0 aromatic heterocycles. The van der Waals surface area contributed by atoms with E-state index in [0.717, 1.165) is 5.75 Å². The summed E-state index contributed by atoms with van der Waals surface area (Å²) in [6.07, 6.45) is 1.87. The van der Waals surface area contributed by atoms with Crippen LogP contribution in [0.2, 0.25) is 0 Å². The number of nitrogens with zero attached hydrogens (tertiary/aromatic N) is 4. The number of oxime groups is 1. The molecule has 1 aromatic rings. The molecule has 0 unspecified atom stereocenters. The number of benzene rings is 1. The van der Waals surface area contributed by atoms with Gasteiger partial charge in [-0.25, -0.2) is 0 Å². The monoisotopic (exact) mass is 298 g/mol. The van der Waals surface area contributed by atoms with Crippen LogP contribution in [-0.4, -0.2) is 38.4 Å². The normalized spacial score (nSPS) is 9.64. The zero-order valence-corrected chi connectivity index (χ0v) is 12.7. The van der Waals surface area contributed by atoms with Gasteiger partial charge in [-0.3, -0.25) is 0 Å². The third-order valence-corrected chi connectivity index (χ3v) is 2.67. The summed E-state index contributed by atoms with van der Waals surface area (Å²) in [5.41, 5.74) is 0.668. The Labute approximate surface area is 130 Å². The molecule has 0 radical (unpaired) electrons. The topological polar surface area (TPSA) is 81.6 Å². The second kappa shape index (κ2) is 9.84. The maximum Gasteiger partial charge on any atom is 0.151 e. The molecule has 1 rings (SSSR count). The molecule has 0 amide bonds. The summed E-state index contributed by atoms with van der Waals surface area (Å²) in [7, 11) is 3.54. The summed E-state index contributed by atoms with van der Waals surface area (Å²) >= 11 is 0. The van der Waals surface area contributed by atoms with Gasteiger partial charge in [0.05, 0.1) is 0 Å². The molecule has 0 atom stereocenters. The highest BCUT2D eigenvalue weighted by atomic mass is 16.6. The largest absolute Gasteiger partial charge is 0.490 e. The number of nitriles is 2. The van der Waals surface area contributed by atoms with Crippen LogP contribution in [-0.2, 0) is 4.84 Å². The fourth-order valence-corrected chi connectivity index (χ4v) is 1.60. The van der Waals surface area contributed by atoms with Crippen molar-refractivity contribution in [2.75, 3.05) is 27.3 Å². The summed E-state index contributed by atoms with van der Waals surface area (Å²) in [6.45, 7) is 0.704. The number of ether oxygens (including phenoxy) is 1. The molecule has 0 aliphatic heterocycles. The summed E-state index contributed by atoms with van der Waals surface area (Å²) < 4.78 is 5.44. The average Bonchev–Trinajstić information content (AvgIpc) is 2.53. The van der Waals surface area contributed by atoms with Crippen LogP contribution < -0.4 is 4.74 Å². The Hall–Kier alpha value is -2.99. The molecule has 6 heteroatoms. The van der Waals surface area contributed by atoms with E-state index >= 15 is 0 Å². The molecule has 0 fully saturated rings. The Balaban J connectivity index is 2.33. The van der Waals surface area contributed by atoms with E-state index in [2.05, 4.69) is 5.16 Å². The predicted octanol–water partition coefficient (Wildman–Crippen LogP) is 2.32. The zero-order valence-electron chi connectivity index (χ0n) is 12.7. The minimum atomic E-state index is 0.0730. The molecule has 0 saturated carbocycles. The SMILES string of the molecule is CN(C)C(C/C=N\OCCOc1ccccc1)=C(C#N)C#N. The lowest BCUT2D eigenvalue weighted by molar-refractivity contribution is 0.108. The number of allylic oxidation sites excluding steroid dienone is 2. The Morgan fingerprint density at radius 1 is 1.18 bits per heavy atom. The van der Waals surface area contributed by atoms with Gasteiger partial charge >= 0.3 is 0 Å². The van der Waals surface area contributed by atoms with Crippen molar-refractivity contribution in [1.29, 1.82) is 10.5 Å². The highest BCUT2D eigenvalue weighted by molar-refractivity contribution is 5.62. The van der Waals surface area contributed by atoms with E-state index in [9.17, 15) is 0 Å². The van der Waals surface area contributed by atoms with Crippen molar-refractivity contribution in [2.45, 2.75) is 6.42 Å². The molecule has 0 aliphatic rings. The van der Waals surface area contributed by atoms with Gasteiger partial charge in [-0.1, -0.05) is 23.4 Å². The molecular formula is C16H18N4O2. The third kappa shape index (κ3) is 5.98. The van der Waals surface area contributed by atoms with Crippen molar-refractivity contribution in [3.8, 4) is 17.9 Å². The van der Waals surface area contributed by atoms with Crippen molar-refractivity contribution < 1.29 is 9.57 Å². The van der Waals surface area contributed by atoms with Crippen molar-refractivity contribution in [2.24, 2.45) is 5.16 Å². The van der Waals surface area contributed by atoms with Crippen LogP contribution in [0, 0.1) is 22.7 Å². The molecule has 0 heterocycles. The molecule has 1 aromatic carbocycles. The minimum absolute atomic E-state index is 0.0730. The fourth-order valence-electron chi connectivity index (χ4n) is 1.60. The first-order valence-electron chi connectivity index (χ1n) is 6.71. The Bertz CT molecular complexity index is 579. The highest BCUT2D eigenvalue weighted by Gasteiger charge is 2.07. The van der Waals surface area contributed by atoms with Crippen molar-refractivity contribution in [3.63, 3.8) is 0 Å². The number of hydrogen-bond acceptors (Lipinski definition) is 6. The van der Waals surface area contributed by atoms with Gasteiger partial charge in [0.25, 0.3) is 0 Å². The quantitative estimate of drug-likeness (QED) is 0.318. The summed E-state index contributed by atoms with van der Waals surface area (Å²) in [6, 6.07) is 13.2. The molecule has 0 bridgehead atoms. The lowest BCUT2D eigenvalue weighted by Gasteiger charge is -2.14. The number of rotatable bonds is 8. The van der Waals surface area contributed by atoms with E-state index in [1.54, 1.807) is 19.0 Å². The lowest BCUT2D eigenvalue weighted by atomic mass is 10.2. The maximum absolute atomic E-state index is 8.88. The van der Waals surface area contributed by atoms with Crippen LogP contribution in [0.3, 0.4) is 0 Å². The van der Waals surface area contributed by atoms with Gasteiger partial charge in [-0.2, -0.15) is 10.5 Å². The van der Waals surface area contributed by atoms with Crippen molar-refractivity contribution in [3.05, 3.63) is 41.6 Å². The second-order valence-electron chi connectivity index (χ2n) is 4.43.